The molecule has 10 nitrogen and oxygen atoms in total. The van der Waals surface area contributed by atoms with Crippen molar-refractivity contribution in [3.8, 4) is 34.5 Å². The monoisotopic (exact) mass is 634 g/mol. The first-order valence-electron chi connectivity index (χ1n) is 15.7. The lowest BCUT2D eigenvalue weighted by Gasteiger charge is -2.59. The highest BCUT2D eigenvalue weighted by atomic mass is 16.5. The van der Waals surface area contributed by atoms with Gasteiger partial charge in [-0.15, -0.1) is 0 Å². The number of methoxy groups -OCH3 is 6. The maximum atomic E-state index is 12.6. The molecule has 1 saturated heterocycles. The highest BCUT2D eigenvalue weighted by Gasteiger charge is 2.56. The van der Waals surface area contributed by atoms with E-state index >= 15 is 0 Å². The number of aliphatic hydroxyl groups is 1. The molecule has 0 spiro atoms. The third-order valence-corrected chi connectivity index (χ3v) is 10.2. The van der Waals surface area contributed by atoms with Gasteiger partial charge in [-0.2, -0.15) is 0 Å². The van der Waals surface area contributed by atoms with Gasteiger partial charge in [-0.05, 0) is 32.9 Å². The van der Waals surface area contributed by atoms with Gasteiger partial charge < -0.3 is 38.3 Å². The van der Waals surface area contributed by atoms with E-state index in [1.54, 1.807) is 42.7 Å². The van der Waals surface area contributed by atoms with Crippen LogP contribution in [0.15, 0.2) is 30.3 Å². The van der Waals surface area contributed by atoms with Crippen LogP contribution in [0.25, 0.3) is 0 Å². The van der Waals surface area contributed by atoms with Gasteiger partial charge in [0.15, 0.2) is 23.0 Å². The lowest BCUT2D eigenvalue weighted by atomic mass is 9.72. The van der Waals surface area contributed by atoms with E-state index in [-0.39, 0.29) is 18.1 Å². The Morgan fingerprint density at radius 1 is 0.717 bits per heavy atom. The predicted octanol–water partition coefficient (Wildman–Crippen LogP) is 4.94. The molecule has 0 amide bonds. The lowest BCUT2D eigenvalue weighted by Crippen LogP contribution is -2.65. The molecule has 6 rings (SSSR count). The third kappa shape index (κ3) is 4.76. The van der Waals surface area contributed by atoms with Gasteiger partial charge in [-0.3, -0.25) is 9.80 Å². The van der Waals surface area contributed by atoms with E-state index in [0.29, 0.717) is 54.1 Å². The average Bonchev–Trinajstić information content (AvgIpc) is 3.06. The summed E-state index contributed by atoms with van der Waals surface area (Å²) >= 11 is 0. The zero-order valence-electron chi connectivity index (χ0n) is 28.3. The zero-order valence-corrected chi connectivity index (χ0v) is 28.3. The summed E-state index contributed by atoms with van der Waals surface area (Å²) in [5.41, 5.74) is 6.33. The van der Waals surface area contributed by atoms with E-state index in [2.05, 4.69) is 29.0 Å². The average molecular weight is 635 g/mol. The van der Waals surface area contributed by atoms with Gasteiger partial charge >= 0.3 is 0 Å². The molecule has 248 valence electrons. The standard InChI is InChI=1S/C36H46N2O8/c1-19-31(40-4)23-15-22-16-38-24(18-46-17-21-13-11-10-12-14-21)26-27(32(41-5)20(2)34(43-7)36(26)45-9)30(39)29(38)28(37(22)3)25(23)35(44-8)33(19)42-6/h10-14,22,24,28-30,39H,15-18H2,1-9H3/t22-,24-,28+,29-,30+/m0/s1. The fourth-order valence-electron chi connectivity index (χ4n) is 8.33. The molecule has 3 aromatic rings. The second-order valence-electron chi connectivity index (χ2n) is 12.3. The highest BCUT2D eigenvalue weighted by molar-refractivity contribution is 5.68. The van der Waals surface area contributed by atoms with Crippen molar-refractivity contribution in [2.75, 3.05) is 62.9 Å². The fourth-order valence-corrected chi connectivity index (χ4v) is 8.33. The second-order valence-corrected chi connectivity index (χ2v) is 12.3. The van der Waals surface area contributed by atoms with Crippen molar-refractivity contribution in [3.05, 3.63) is 69.3 Å². The lowest BCUT2D eigenvalue weighted by molar-refractivity contribution is -0.115. The quantitative estimate of drug-likeness (QED) is 0.331. The van der Waals surface area contributed by atoms with Gasteiger partial charge in [-0.25, -0.2) is 0 Å². The van der Waals surface area contributed by atoms with Crippen molar-refractivity contribution in [2.24, 2.45) is 0 Å². The molecule has 3 aliphatic heterocycles. The van der Waals surface area contributed by atoms with E-state index < -0.39 is 12.1 Å². The summed E-state index contributed by atoms with van der Waals surface area (Å²) < 4.78 is 42.6. The molecule has 3 aliphatic rings. The van der Waals surface area contributed by atoms with Crippen LogP contribution in [0.1, 0.15) is 57.1 Å². The Labute approximate surface area is 271 Å². The summed E-state index contributed by atoms with van der Waals surface area (Å²) in [7, 11) is 12.1. The van der Waals surface area contributed by atoms with Crippen LogP contribution in [0.2, 0.25) is 0 Å². The fraction of sp³-hybridized carbons (Fsp3) is 0.500. The molecule has 1 N–H and O–H groups in total. The maximum absolute atomic E-state index is 12.6. The number of nitrogens with zero attached hydrogens (tertiary/aromatic N) is 2. The topological polar surface area (TPSA) is 91.3 Å². The van der Waals surface area contributed by atoms with Crippen LogP contribution in [0, 0.1) is 13.8 Å². The number of aliphatic hydroxyl groups excluding tert-OH is 1. The second kappa shape index (κ2) is 12.8. The molecule has 3 heterocycles. The Morgan fingerprint density at radius 2 is 1.28 bits per heavy atom. The molecule has 0 saturated carbocycles. The first-order valence-corrected chi connectivity index (χ1v) is 15.7. The van der Waals surface area contributed by atoms with Crippen molar-refractivity contribution in [3.63, 3.8) is 0 Å². The Kier molecular flexibility index (Phi) is 9.00. The van der Waals surface area contributed by atoms with Gasteiger partial charge in [-0.1, -0.05) is 30.3 Å². The van der Waals surface area contributed by atoms with Crippen molar-refractivity contribution >= 4 is 0 Å². The van der Waals surface area contributed by atoms with E-state index in [9.17, 15) is 5.11 Å². The van der Waals surface area contributed by atoms with Crippen LogP contribution in [-0.4, -0.2) is 89.8 Å². The number of rotatable bonds is 10. The summed E-state index contributed by atoms with van der Waals surface area (Å²) in [6, 6.07) is 9.34. The smallest absolute Gasteiger partial charge is 0.167 e. The van der Waals surface area contributed by atoms with E-state index in [0.717, 1.165) is 45.6 Å². The molecular weight excluding hydrogens is 588 g/mol. The molecule has 0 aliphatic carbocycles. The van der Waals surface area contributed by atoms with E-state index in [1.165, 1.54) is 0 Å². The third-order valence-electron chi connectivity index (χ3n) is 10.2. The Balaban J connectivity index is 1.58. The molecule has 0 unspecified atom stereocenters. The molecule has 2 bridgehead atoms. The number of likely N-dealkylation sites (N-methyl/N-ethyl adjacent to an activating group) is 1. The normalized spacial score (nSPS) is 23.6. The molecule has 10 heteroatoms. The first kappa shape index (κ1) is 32.2. The van der Waals surface area contributed by atoms with Gasteiger partial charge in [0.25, 0.3) is 0 Å². The molecule has 5 atom stereocenters. The summed E-state index contributed by atoms with van der Waals surface area (Å²) in [4.78, 5) is 4.77. The van der Waals surface area contributed by atoms with Crippen LogP contribution in [0.4, 0.5) is 0 Å². The molecule has 0 radical (unpaired) electrons. The van der Waals surface area contributed by atoms with Crippen LogP contribution in [0.5, 0.6) is 34.5 Å². The highest BCUT2D eigenvalue weighted by Crippen LogP contribution is 2.60. The van der Waals surface area contributed by atoms with E-state index in [1.807, 2.05) is 32.0 Å². The number of hydrogen-bond donors (Lipinski definition) is 1. The van der Waals surface area contributed by atoms with Crippen molar-refractivity contribution in [2.45, 2.75) is 57.1 Å². The van der Waals surface area contributed by atoms with Gasteiger partial charge in [0.2, 0.25) is 0 Å². The Hall–Kier alpha value is -3.70. The Morgan fingerprint density at radius 3 is 1.87 bits per heavy atom. The van der Waals surface area contributed by atoms with Crippen LogP contribution >= 0.6 is 0 Å². The van der Waals surface area contributed by atoms with Gasteiger partial charge in [0.05, 0.1) is 74.0 Å². The zero-order chi connectivity index (χ0) is 32.9. The summed E-state index contributed by atoms with van der Waals surface area (Å²) in [6.45, 7) is 5.43. The van der Waals surface area contributed by atoms with Gasteiger partial charge in [0.1, 0.15) is 17.6 Å². The van der Waals surface area contributed by atoms with E-state index in [4.69, 9.17) is 33.2 Å². The predicted molar refractivity (Wildman–Crippen MR) is 174 cm³/mol. The van der Waals surface area contributed by atoms with Gasteiger partial charge in [0, 0.05) is 46.0 Å². The maximum Gasteiger partial charge on any atom is 0.167 e. The Bertz CT molecular complexity index is 1600. The largest absolute Gasteiger partial charge is 0.496 e. The number of fused-ring (bicyclic) bond motifs is 7. The van der Waals surface area contributed by atoms with Crippen LogP contribution in [0.3, 0.4) is 0 Å². The van der Waals surface area contributed by atoms with Crippen molar-refractivity contribution < 1.29 is 38.3 Å². The minimum Gasteiger partial charge on any atom is -0.496 e. The number of hydrogen-bond acceptors (Lipinski definition) is 10. The number of piperazine rings is 1. The number of benzene rings is 3. The minimum absolute atomic E-state index is 0.130. The van der Waals surface area contributed by atoms with Crippen molar-refractivity contribution in [1.29, 1.82) is 0 Å². The summed E-state index contributed by atoms with van der Waals surface area (Å²) in [5.74, 6) is 3.86. The molecule has 3 aromatic carbocycles. The van der Waals surface area contributed by atoms with Crippen LogP contribution in [-0.2, 0) is 17.8 Å². The molecule has 0 aromatic heterocycles. The first-order chi connectivity index (χ1) is 22.3. The number of ether oxygens (including phenoxy) is 7. The molecular formula is C36H46N2O8. The minimum atomic E-state index is -0.948. The van der Waals surface area contributed by atoms with Crippen molar-refractivity contribution in [1.82, 2.24) is 9.80 Å². The molecule has 1 fully saturated rings. The SMILES string of the molecule is COc1c(C)c(OC)c(OC)c2c1C[C@H]1CN3[C@H]([C@H](O)c4c(OC)c(C)c(OC)c(OC)c4[C@@H]3COCc3ccccc3)[C@@H]2N1C. The van der Waals surface area contributed by atoms with Crippen LogP contribution < -0.4 is 28.4 Å². The molecule has 46 heavy (non-hydrogen) atoms. The summed E-state index contributed by atoms with van der Waals surface area (Å²) in [5, 5.41) is 12.6. The summed E-state index contributed by atoms with van der Waals surface area (Å²) in [6.07, 6.45) is -0.204.